The summed E-state index contributed by atoms with van der Waals surface area (Å²) in [5, 5.41) is 10.6. The quantitative estimate of drug-likeness (QED) is 0.267. The van der Waals surface area contributed by atoms with Crippen LogP contribution >= 0.6 is 0 Å². The highest BCUT2D eigenvalue weighted by Gasteiger charge is 2.59. The van der Waals surface area contributed by atoms with Gasteiger partial charge in [-0.15, -0.1) is 0 Å². The normalized spacial score (nSPS) is 31.6. The molecule has 0 aromatic heterocycles. The molecule has 1 amide bonds. The monoisotopic (exact) mass is 253 g/mol. The van der Waals surface area contributed by atoms with Gasteiger partial charge in [-0.2, -0.15) is 0 Å². The fraction of sp³-hybridized carbons (Fsp3) is 0.692. The lowest BCUT2D eigenvalue weighted by molar-refractivity contribution is -0.188. The van der Waals surface area contributed by atoms with Gasteiger partial charge in [0.15, 0.2) is 0 Å². The number of hydrogen-bond acceptors (Lipinski definition) is 4. The Balaban J connectivity index is 2.08. The van der Waals surface area contributed by atoms with Gasteiger partial charge in [-0.1, -0.05) is 18.6 Å². The molecule has 5 heteroatoms. The summed E-state index contributed by atoms with van der Waals surface area (Å²) in [6, 6.07) is 0. The lowest BCUT2D eigenvalue weighted by Gasteiger charge is -2.24. The van der Waals surface area contributed by atoms with Crippen LogP contribution in [0.25, 0.3) is 0 Å². The lowest BCUT2D eigenvalue weighted by atomic mass is 10.0. The molecule has 0 radical (unpaired) electrons. The molecule has 1 saturated carbocycles. The average Bonchev–Trinajstić information content (AvgIpc) is 3.01. The van der Waals surface area contributed by atoms with Crippen molar-refractivity contribution in [2.24, 2.45) is 5.92 Å². The van der Waals surface area contributed by atoms with E-state index < -0.39 is 17.4 Å². The van der Waals surface area contributed by atoms with Crippen LogP contribution in [0.3, 0.4) is 0 Å². The third kappa shape index (κ3) is 2.27. The maximum absolute atomic E-state index is 11.7. The van der Waals surface area contributed by atoms with Crippen LogP contribution in [-0.2, 0) is 14.3 Å². The van der Waals surface area contributed by atoms with Crippen LogP contribution in [0.1, 0.15) is 39.0 Å². The number of hydrogen-bond donors (Lipinski definition) is 1. The maximum atomic E-state index is 11.7. The van der Waals surface area contributed by atoms with E-state index in [9.17, 15) is 14.8 Å². The zero-order chi connectivity index (χ0) is 13.2. The summed E-state index contributed by atoms with van der Waals surface area (Å²) in [7, 11) is 0. The van der Waals surface area contributed by atoms with Crippen molar-refractivity contribution in [3.05, 3.63) is 12.2 Å². The van der Waals surface area contributed by atoms with Crippen LogP contribution in [0.4, 0.5) is 0 Å². The molecule has 0 aliphatic heterocycles. The van der Waals surface area contributed by atoms with Crippen molar-refractivity contribution in [2.45, 2.75) is 44.6 Å². The van der Waals surface area contributed by atoms with Crippen molar-refractivity contribution in [3.8, 4) is 0 Å². The summed E-state index contributed by atoms with van der Waals surface area (Å²) in [5.74, 6) is -1.70. The molecule has 0 saturated heterocycles. The van der Waals surface area contributed by atoms with Crippen LogP contribution in [0, 0.1) is 5.92 Å². The van der Waals surface area contributed by atoms with Gasteiger partial charge in [0.25, 0.3) is 0 Å². The van der Waals surface area contributed by atoms with E-state index in [4.69, 9.17) is 0 Å². The molecule has 2 aliphatic carbocycles. The van der Waals surface area contributed by atoms with Crippen LogP contribution in [0.15, 0.2) is 12.2 Å². The van der Waals surface area contributed by atoms with E-state index in [-0.39, 0.29) is 12.5 Å². The largest absolute Gasteiger partial charge is 0.459 e. The number of hydroxylamine groups is 2. The summed E-state index contributed by atoms with van der Waals surface area (Å²) in [5.41, 5.74) is -0.662. The minimum atomic E-state index is -0.990. The van der Waals surface area contributed by atoms with E-state index >= 15 is 0 Å². The molecule has 0 heterocycles. The zero-order valence-corrected chi connectivity index (χ0v) is 10.6. The molecule has 0 spiro atoms. The highest BCUT2D eigenvalue weighted by Crippen LogP contribution is 2.52. The van der Waals surface area contributed by atoms with Crippen LogP contribution < -0.4 is 0 Å². The summed E-state index contributed by atoms with van der Waals surface area (Å²) in [4.78, 5) is 23.1. The molecular formula is C13H19NO4. The second-order valence-corrected chi connectivity index (χ2v) is 4.92. The van der Waals surface area contributed by atoms with E-state index in [0.717, 1.165) is 32.1 Å². The molecule has 2 unspecified atom stereocenters. The van der Waals surface area contributed by atoms with E-state index in [2.05, 4.69) is 4.74 Å². The molecular weight excluding hydrogens is 234 g/mol. The SMILES string of the molecule is CCOC(=O)C(=O)N(O)C12/C=C\CCCCC1C2. The predicted molar refractivity (Wildman–Crippen MR) is 63.7 cm³/mol. The Labute approximate surface area is 106 Å². The van der Waals surface area contributed by atoms with E-state index in [1.807, 2.05) is 12.2 Å². The van der Waals surface area contributed by atoms with Gasteiger partial charge in [0.05, 0.1) is 12.1 Å². The number of carbonyl (C=O) groups excluding carboxylic acids is 2. The van der Waals surface area contributed by atoms with Crippen LogP contribution in [0.5, 0.6) is 0 Å². The van der Waals surface area contributed by atoms with Crippen LogP contribution in [0.2, 0.25) is 0 Å². The number of nitrogens with zero attached hydrogens (tertiary/aromatic N) is 1. The highest BCUT2D eigenvalue weighted by molar-refractivity contribution is 6.32. The third-order valence-corrected chi connectivity index (χ3v) is 3.74. The smallest absolute Gasteiger partial charge is 0.399 e. The first-order valence-corrected chi connectivity index (χ1v) is 6.49. The average molecular weight is 253 g/mol. The van der Waals surface area contributed by atoms with Crippen molar-refractivity contribution in [1.82, 2.24) is 5.06 Å². The molecule has 18 heavy (non-hydrogen) atoms. The first-order valence-electron chi connectivity index (χ1n) is 6.49. The van der Waals surface area contributed by atoms with Gasteiger partial charge in [0.2, 0.25) is 0 Å². The summed E-state index contributed by atoms with van der Waals surface area (Å²) >= 11 is 0. The minimum Gasteiger partial charge on any atom is -0.459 e. The standard InChI is InChI=1S/C13H19NO4/c1-2-18-12(16)11(15)14(17)13-8-6-4-3-5-7-10(13)9-13/h6,8,10,17H,2-5,7,9H2,1H3/b8-6-. The second-order valence-electron chi connectivity index (χ2n) is 4.92. The number of esters is 1. The topological polar surface area (TPSA) is 66.8 Å². The Morgan fingerprint density at radius 1 is 1.50 bits per heavy atom. The number of amides is 1. The Morgan fingerprint density at radius 2 is 2.28 bits per heavy atom. The van der Waals surface area contributed by atoms with Crippen molar-refractivity contribution in [3.63, 3.8) is 0 Å². The van der Waals surface area contributed by atoms with Crippen molar-refractivity contribution in [1.29, 1.82) is 0 Å². The Bertz CT molecular complexity index is 379. The molecule has 2 atom stereocenters. The van der Waals surface area contributed by atoms with Crippen molar-refractivity contribution >= 4 is 11.9 Å². The molecule has 2 aliphatic rings. The van der Waals surface area contributed by atoms with Crippen molar-refractivity contribution < 1.29 is 19.5 Å². The van der Waals surface area contributed by atoms with Crippen molar-refractivity contribution in [2.75, 3.05) is 6.61 Å². The molecule has 0 aromatic carbocycles. The fourth-order valence-electron chi connectivity index (χ4n) is 2.63. The highest BCUT2D eigenvalue weighted by atomic mass is 16.6. The number of fused-ring (bicyclic) bond motifs is 1. The molecule has 2 rings (SSSR count). The molecule has 5 nitrogen and oxygen atoms in total. The Kier molecular flexibility index (Phi) is 3.71. The van der Waals surface area contributed by atoms with E-state index in [1.54, 1.807) is 6.92 Å². The zero-order valence-electron chi connectivity index (χ0n) is 10.6. The molecule has 100 valence electrons. The Hall–Kier alpha value is -1.36. The maximum Gasteiger partial charge on any atom is 0.399 e. The van der Waals surface area contributed by atoms with Gasteiger partial charge in [0.1, 0.15) is 0 Å². The van der Waals surface area contributed by atoms with E-state index in [1.165, 1.54) is 0 Å². The number of carbonyl (C=O) groups is 2. The second kappa shape index (κ2) is 5.10. The van der Waals surface area contributed by atoms with Gasteiger partial charge in [0, 0.05) is 0 Å². The summed E-state index contributed by atoms with van der Waals surface area (Å²) in [6.07, 6.45) is 8.76. The summed E-state index contributed by atoms with van der Waals surface area (Å²) < 4.78 is 4.62. The van der Waals surface area contributed by atoms with Gasteiger partial charge in [-0.25, -0.2) is 9.86 Å². The fourth-order valence-corrected chi connectivity index (χ4v) is 2.63. The minimum absolute atomic E-state index is 0.130. The molecule has 1 fully saturated rings. The predicted octanol–water partition coefficient (Wildman–Crippen LogP) is 1.66. The number of ether oxygens (including phenoxy) is 1. The first kappa shape index (κ1) is 13.1. The third-order valence-electron chi connectivity index (χ3n) is 3.74. The lowest BCUT2D eigenvalue weighted by Crippen LogP contribution is -2.44. The Morgan fingerprint density at radius 3 is 3.00 bits per heavy atom. The van der Waals surface area contributed by atoms with Gasteiger partial charge < -0.3 is 4.74 Å². The van der Waals surface area contributed by atoms with Gasteiger partial charge >= 0.3 is 11.9 Å². The molecule has 1 N–H and O–H groups in total. The van der Waals surface area contributed by atoms with Gasteiger partial charge in [-0.3, -0.25) is 10.0 Å². The first-order chi connectivity index (χ1) is 8.62. The number of allylic oxidation sites excluding steroid dienone is 1. The summed E-state index contributed by atoms with van der Waals surface area (Å²) in [6.45, 7) is 1.76. The number of rotatable bonds is 2. The van der Waals surface area contributed by atoms with E-state index in [0.29, 0.717) is 5.06 Å². The van der Waals surface area contributed by atoms with Crippen LogP contribution in [-0.4, -0.2) is 34.3 Å². The molecule has 0 aromatic rings. The molecule has 0 bridgehead atoms. The van der Waals surface area contributed by atoms with Gasteiger partial charge in [-0.05, 0) is 38.5 Å².